The third-order valence-corrected chi connectivity index (χ3v) is 2.16. The van der Waals surface area contributed by atoms with E-state index in [-0.39, 0.29) is 0 Å². The fourth-order valence-corrected chi connectivity index (χ4v) is 1.32. The highest BCUT2D eigenvalue weighted by Crippen LogP contribution is 2.18. The van der Waals surface area contributed by atoms with Crippen LogP contribution in [0.15, 0.2) is 36.5 Å². The highest BCUT2D eigenvalue weighted by atomic mass is 15.3. The highest BCUT2D eigenvalue weighted by molar-refractivity contribution is 5.60. The first kappa shape index (κ1) is 9.00. The fourth-order valence-electron chi connectivity index (χ4n) is 1.32. The van der Waals surface area contributed by atoms with Crippen LogP contribution >= 0.6 is 0 Å². The van der Waals surface area contributed by atoms with E-state index in [1.54, 1.807) is 0 Å². The largest absolute Gasteiger partial charge is 0.269 e. The van der Waals surface area contributed by atoms with Crippen LogP contribution in [0, 0.1) is 6.20 Å². The van der Waals surface area contributed by atoms with Gasteiger partial charge in [-0.3, -0.25) is 4.68 Å². The molecule has 71 valence electrons. The molecule has 0 fully saturated rings. The number of rotatable bonds is 2. The molecule has 2 aromatic rings. The fraction of sp³-hybridized carbons (Fsp3) is 0.250. The Morgan fingerprint density at radius 3 is 2.50 bits per heavy atom. The number of hydrogen-bond acceptors (Lipinski definition) is 1. The van der Waals surface area contributed by atoms with Crippen molar-refractivity contribution in [3.63, 3.8) is 0 Å². The predicted octanol–water partition coefficient (Wildman–Crippen LogP) is 2.93. The van der Waals surface area contributed by atoms with E-state index in [0.717, 1.165) is 5.56 Å². The van der Waals surface area contributed by atoms with Crippen LogP contribution in [0.2, 0.25) is 0 Å². The zero-order valence-corrected chi connectivity index (χ0v) is 8.44. The molecule has 0 unspecified atom stereocenters. The smallest absolute Gasteiger partial charge is 0.121 e. The summed E-state index contributed by atoms with van der Waals surface area (Å²) in [5.74, 6) is 0. The molecule has 0 aliphatic carbocycles. The Labute approximate surface area is 84.2 Å². The van der Waals surface area contributed by atoms with Crippen LogP contribution in [0.3, 0.4) is 0 Å². The predicted molar refractivity (Wildman–Crippen MR) is 56.9 cm³/mol. The summed E-state index contributed by atoms with van der Waals surface area (Å²) >= 11 is 0. The first-order valence-electron chi connectivity index (χ1n) is 4.79. The number of benzene rings is 1. The maximum Gasteiger partial charge on any atom is 0.121 e. The molecule has 0 amide bonds. The molecular formula is C12H13N2. The van der Waals surface area contributed by atoms with Crippen molar-refractivity contribution in [1.82, 2.24) is 9.78 Å². The van der Waals surface area contributed by atoms with Gasteiger partial charge in [0.25, 0.3) is 0 Å². The molecule has 0 aliphatic rings. The Morgan fingerprint density at radius 1 is 1.21 bits per heavy atom. The molecule has 2 rings (SSSR count). The van der Waals surface area contributed by atoms with Gasteiger partial charge in [-0.05, 0) is 19.4 Å². The van der Waals surface area contributed by atoms with Crippen LogP contribution < -0.4 is 0 Å². The van der Waals surface area contributed by atoms with E-state index in [1.807, 2.05) is 29.1 Å². The minimum Gasteiger partial charge on any atom is -0.269 e. The van der Waals surface area contributed by atoms with Gasteiger partial charge in [-0.15, -0.1) is 0 Å². The van der Waals surface area contributed by atoms with Gasteiger partial charge in [0, 0.05) is 17.8 Å². The molecule has 0 aliphatic heterocycles. The van der Waals surface area contributed by atoms with E-state index in [9.17, 15) is 0 Å². The second-order valence-corrected chi connectivity index (χ2v) is 3.59. The van der Waals surface area contributed by atoms with Crippen LogP contribution in [-0.2, 0) is 0 Å². The Balaban J connectivity index is 2.34. The van der Waals surface area contributed by atoms with Crippen molar-refractivity contribution in [1.29, 1.82) is 0 Å². The third kappa shape index (κ3) is 1.69. The number of aromatic nitrogens is 2. The van der Waals surface area contributed by atoms with Crippen molar-refractivity contribution >= 4 is 0 Å². The number of nitrogens with zero attached hydrogens (tertiary/aromatic N) is 2. The topological polar surface area (TPSA) is 17.8 Å². The first-order valence-corrected chi connectivity index (χ1v) is 4.79. The van der Waals surface area contributed by atoms with Gasteiger partial charge in [0.1, 0.15) is 6.20 Å². The van der Waals surface area contributed by atoms with E-state index in [0.29, 0.717) is 6.04 Å². The maximum absolute atomic E-state index is 4.18. The minimum absolute atomic E-state index is 0.392. The summed E-state index contributed by atoms with van der Waals surface area (Å²) in [7, 11) is 0. The summed E-state index contributed by atoms with van der Waals surface area (Å²) in [5.41, 5.74) is 2.22. The number of hydrogen-bond donors (Lipinski definition) is 0. The molecule has 0 atom stereocenters. The van der Waals surface area contributed by atoms with Crippen molar-refractivity contribution in [2.24, 2.45) is 0 Å². The van der Waals surface area contributed by atoms with E-state index in [1.165, 1.54) is 5.56 Å². The molecule has 1 aromatic heterocycles. The lowest BCUT2D eigenvalue weighted by atomic mass is 10.1. The van der Waals surface area contributed by atoms with E-state index in [2.05, 4.69) is 37.3 Å². The Morgan fingerprint density at radius 2 is 1.93 bits per heavy atom. The molecule has 0 N–H and O–H groups in total. The third-order valence-electron chi connectivity index (χ3n) is 2.16. The lowest BCUT2D eigenvalue weighted by Crippen LogP contribution is -1.99. The van der Waals surface area contributed by atoms with Gasteiger partial charge < -0.3 is 0 Å². The molecule has 0 spiro atoms. The molecule has 14 heavy (non-hydrogen) atoms. The first-order chi connectivity index (χ1) is 6.77. The highest BCUT2D eigenvalue weighted by Gasteiger charge is 2.03. The van der Waals surface area contributed by atoms with Gasteiger partial charge in [-0.25, -0.2) is 0 Å². The summed E-state index contributed by atoms with van der Waals surface area (Å²) in [6.07, 6.45) is 5.04. The molecular weight excluding hydrogens is 172 g/mol. The summed E-state index contributed by atoms with van der Waals surface area (Å²) in [4.78, 5) is 0. The Bertz CT molecular complexity index is 401. The monoisotopic (exact) mass is 185 g/mol. The summed E-state index contributed by atoms with van der Waals surface area (Å²) in [6.45, 7) is 4.21. The quantitative estimate of drug-likeness (QED) is 0.703. The van der Waals surface area contributed by atoms with Gasteiger partial charge in [-0.2, -0.15) is 5.10 Å². The molecule has 2 heteroatoms. The molecule has 0 bridgehead atoms. The van der Waals surface area contributed by atoms with Crippen molar-refractivity contribution in [2.45, 2.75) is 19.9 Å². The average Bonchev–Trinajstić information content (AvgIpc) is 2.68. The second-order valence-electron chi connectivity index (χ2n) is 3.59. The van der Waals surface area contributed by atoms with Crippen LogP contribution in [0.25, 0.3) is 11.1 Å². The van der Waals surface area contributed by atoms with Gasteiger partial charge in [-0.1, -0.05) is 30.3 Å². The van der Waals surface area contributed by atoms with Crippen LogP contribution in [0.4, 0.5) is 0 Å². The van der Waals surface area contributed by atoms with Gasteiger partial charge in [0.15, 0.2) is 0 Å². The lowest BCUT2D eigenvalue weighted by molar-refractivity contribution is 0.532. The molecule has 1 heterocycles. The summed E-state index contributed by atoms with van der Waals surface area (Å²) in [6, 6.07) is 10.6. The normalized spacial score (nSPS) is 10.8. The van der Waals surface area contributed by atoms with E-state index < -0.39 is 0 Å². The van der Waals surface area contributed by atoms with E-state index in [4.69, 9.17) is 0 Å². The summed E-state index contributed by atoms with van der Waals surface area (Å²) < 4.78 is 1.92. The standard InChI is InChI=1S/C12H13N2/c1-10(2)14-9-12(8-13-14)11-6-4-3-5-7-11/h3-7,9-10H,1-2H3. The van der Waals surface area contributed by atoms with Gasteiger partial charge >= 0.3 is 0 Å². The van der Waals surface area contributed by atoms with E-state index >= 15 is 0 Å². The van der Waals surface area contributed by atoms with Crippen LogP contribution in [0.1, 0.15) is 19.9 Å². The second kappa shape index (κ2) is 3.66. The van der Waals surface area contributed by atoms with Crippen molar-refractivity contribution in [3.8, 4) is 11.1 Å². The van der Waals surface area contributed by atoms with Crippen molar-refractivity contribution in [2.75, 3.05) is 0 Å². The lowest BCUT2D eigenvalue weighted by Gasteiger charge is -2.02. The van der Waals surface area contributed by atoms with Crippen molar-refractivity contribution in [3.05, 3.63) is 42.7 Å². The molecule has 0 saturated heterocycles. The van der Waals surface area contributed by atoms with Crippen molar-refractivity contribution < 1.29 is 0 Å². The molecule has 2 nitrogen and oxygen atoms in total. The average molecular weight is 185 g/mol. The molecule has 1 aromatic carbocycles. The van der Waals surface area contributed by atoms with Crippen LogP contribution in [0.5, 0.6) is 0 Å². The molecule has 0 saturated carbocycles. The van der Waals surface area contributed by atoms with Crippen LogP contribution in [-0.4, -0.2) is 9.78 Å². The Kier molecular flexibility index (Phi) is 2.35. The summed E-state index contributed by atoms with van der Waals surface area (Å²) in [5, 5.41) is 4.18. The zero-order valence-electron chi connectivity index (χ0n) is 8.44. The minimum atomic E-state index is 0.392. The molecule has 1 radical (unpaired) electrons. The van der Waals surface area contributed by atoms with Gasteiger partial charge in [0.2, 0.25) is 0 Å². The Hall–Kier alpha value is -1.57. The zero-order chi connectivity index (χ0) is 9.97. The van der Waals surface area contributed by atoms with Gasteiger partial charge in [0.05, 0.1) is 0 Å². The SMILES string of the molecule is CC(C)n1cc(-c2ccccc2)[c]n1. The maximum atomic E-state index is 4.18.